The Morgan fingerprint density at radius 2 is 1.61 bits per heavy atom. The molecule has 0 saturated carbocycles. The highest BCUT2D eigenvalue weighted by molar-refractivity contribution is 8.00. The predicted molar refractivity (Wildman–Crippen MR) is 77.1 cm³/mol. The molecule has 0 saturated heterocycles. The van der Waals surface area contributed by atoms with E-state index in [0.29, 0.717) is 0 Å². The van der Waals surface area contributed by atoms with Gasteiger partial charge in [-0.15, -0.1) is 0 Å². The Morgan fingerprint density at radius 3 is 2.17 bits per heavy atom. The van der Waals surface area contributed by atoms with Crippen LogP contribution in [-0.2, 0) is 0 Å². The molecule has 2 nitrogen and oxygen atoms in total. The van der Waals surface area contributed by atoms with Gasteiger partial charge >= 0.3 is 0 Å². The van der Waals surface area contributed by atoms with E-state index in [1.54, 1.807) is 18.9 Å². The van der Waals surface area contributed by atoms with Gasteiger partial charge in [0.05, 0.1) is 0 Å². The molecule has 18 heavy (non-hydrogen) atoms. The van der Waals surface area contributed by atoms with E-state index < -0.39 is 0 Å². The van der Waals surface area contributed by atoms with E-state index in [4.69, 9.17) is 0 Å². The van der Waals surface area contributed by atoms with Crippen LogP contribution in [0.25, 0.3) is 0 Å². The van der Waals surface area contributed by atoms with Crippen LogP contribution in [0.4, 0.5) is 5.69 Å². The van der Waals surface area contributed by atoms with Crippen molar-refractivity contribution in [1.29, 1.82) is 0 Å². The molecule has 0 atom stereocenters. The maximum absolute atomic E-state index is 11.1. The number of anilines is 1. The molecule has 2 aromatic rings. The van der Waals surface area contributed by atoms with Crippen molar-refractivity contribution in [2.75, 3.05) is 4.72 Å². The van der Waals surface area contributed by atoms with Gasteiger partial charge in [-0.05, 0) is 62.2 Å². The highest BCUT2D eigenvalue weighted by Gasteiger charge is 1.99. The average Bonchev–Trinajstić information content (AvgIpc) is 2.38. The van der Waals surface area contributed by atoms with Crippen molar-refractivity contribution in [3.63, 3.8) is 0 Å². The molecule has 0 aliphatic carbocycles. The molecule has 0 spiro atoms. The van der Waals surface area contributed by atoms with Crippen molar-refractivity contribution in [1.82, 2.24) is 0 Å². The highest BCUT2D eigenvalue weighted by Crippen LogP contribution is 2.21. The van der Waals surface area contributed by atoms with Crippen LogP contribution in [0.15, 0.2) is 53.4 Å². The van der Waals surface area contributed by atoms with Crippen LogP contribution < -0.4 is 4.72 Å². The second-order valence-electron chi connectivity index (χ2n) is 4.15. The van der Waals surface area contributed by atoms with E-state index in [-0.39, 0.29) is 5.78 Å². The van der Waals surface area contributed by atoms with E-state index >= 15 is 0 Å². The third-order valence-electron chi connectivity index (χ3n) is 2.60. The maximum Gasteiger partial charge on any atom is 0.159 e. The minimum absolute atomic E-state index is 0.0905. The third-order valence-corrected chi connectivity index (χ3v) is 3.44. The average molecular weight is 257 g/mol. The number of hydrogen-bond donors (Lipinski definition) is 1. The fourth-order valence-electron chi connectivity index (χ4n) is 1.50. The predicted octanol–water partition coefficient (Wildman–Crippen LogP) is 4.32. The minimum atomic E-state index is 0.0905. The molecule has 3 heteroatoms. The Hall–Kier alpha value is -1.74. The van der Waals surface area contributed by atoms with Crippen LogP contribution in [0.2, 0.25) is 0 Å². The molecular formula is C15H15NOS. The van der Waals surface area contributed by atoms with Crippen molar-refractivity contribution in [2.24, 2.45) is 0 Å². The molecule has 0 aliphatic rings. The second-order valence-corrected chi connectivity index (χ2v) is 5.03. The molecule has 0 unspecified atom stereocenters. The monoisotopic (exact) mass is 257 g/mol. The first-order chi connectivity index (χ1) is 8.65. The van der Waals surface area contributed by atoms with E-state index in [9.17, 15) is 4.79 Å². The van der Waals surface area contributed by atoms with Crippen molar-refractivity contribution in [3.8, 4) is 0 Å². The number of aryl methyl sites for hydroxylation is 1. The molecule has 0 heterocycles. The van der Waals surface area contributed by atoms with E-state index in [1.807, 2.05) is 24.3 Å². The van der Waals surface area contributed by atoms with Crippen LogP contribution in [0, 0.1) is 6.92 Å². The van der Waals surface area contributed by atoms with Gasteiger partial charge in [-0.2, -0.15) is 0 Å². The molecule has 1 N–H and O–H groups in total. The summed E-state index contributed by atoms with van der Waals surface area (Å²) in [5, 5.41) is 0. The Bertz CT molecular complexity index is 531. The van der Waals surface area contributed by atoms with Gasteiger partial charge in [-0.25, -0.2) is 0 Å². The number of rotatable bonds is 4. The lowest BCUT2D eigenvalue weighted by Crippen LogP contribution is -1.92. The van der Waals surface area contributed by atoms with Gasteiger partial charge in [0.2, 0.25) is 0 Å². The smallest absolute Gasteiger partial charge is 0.159 e. The van der Waals surface area contributed by atoms with Gasteiger partial charge < -0.3 is 4.72 Å². The quantitative estimate of drug-likeness (QED) is 0.653. The lowest BCUT2D eigenvalue weighted by Gasteiger charge is -2.06. The SMILES string of the molecule is CC(=O)c1ccc(NSc2ccc(C)cc2)cc1. The van der Waals surface area contributed by atoms with E-state index in [1.165, 1.54) is 5.56 Å². The summed E-state index contributed by atoms with van der Waals surface area (Å²) in [4.78, 5) is 12.3. The molecule has 0 aliphatic heterocycles. The topological polar surface area (TPSA) is 29.1 Å². The molecule has 92 valence electrons. The summed E-state index contributed by atoms with van der Waals surface area (Å²) >= 11 is 1.56. The third kappa shape index (κ3) is 3.37. The van der Waals surface area contributed by atoms with Gasteiger partial charge in [-0.1, -0.05) is 17.7 Å². The molecule has 2 rings (SSSR count). The molecule has 0 aromatic heterocycles. The van der Waals surface area contributed by atoms with Gasteiger partial charge in [0.15, 0.2) is 5.78 Å². The Kier molecular flexibility index (Phi) is 4.05. The fourth-order valence-corrected chi connectivity index (χ4v) is 2.14. The number of hydrogen-bond acceptors (Lipinski definition) is 3. The van der Waals surface area contributed by atoms with Crippen LogP contribution in [0.3, 0.4) is 0 Å². The Morgan fingerprint density at radius 1 is 1.00 bits per heavy atom. The van der Waals surface area contributed by atoms with Gasteiger partial charge in [0.25, 0.3) is 0 Å². The summed E-state index contributed by atoms with van der Waals surface area (Å²) < 4.78 is 3.25. The molecule has 0 radical (unpaired) electrons. The van der Waals surface area contributed by atoms with Crippen molar-refractivity contribution >= 4 is 23.4 Å². The maximum atomic E-state index is 11.1. The lowest BCUT2D eigenvalue weighted by atomic mass is 10.1. The fraction of sp³-hybridized carbons (Fsp3) is 0.133. The second kappa shape index (κ2) is 5.74. The van der Waals surface area contributed by atoms with Crippen LogP contribution in [-0.4, -0.2) is 5.78 Å². The van der Waals surface area contributed by atoms with Crippen LogP contribution >= 0.6 is 11.9 Å². The Balaban J connectivity index is 1.97. The Labute approximate surface area is 112 Å². The molecule has 2 aromatic carbocycles. The first-order valence-corrected chi connectivity index (χ1v) is 6.57. The van der Waals surface area contributed by atoms with E-state index in [0.717, 1.165) is 16.1 Å². The summed E-state index contributed by atoms with van der Waals surface area (Å²) in [5.41, 5.74) is 2.98. The zero-order valence-electron chi connectivity index (χ0n) is 10.4. The zero-order valence-corrected chi connectivity index (χ0v) is 11.3. The number of ketones is 1. The normalized spacial score (nSPS) is 10.1. The van der Waals surface area contributed by atoms with Gasteiger partial charge in [0.1, 0.15) is 0 Å². The van der Waals surface area contributed by atoms with Crippen LogP contribution in [0.5, 0.6) is 0 Å². The van der Waals surface area contributed by atoms with Gasteiger partial charge in [-0.3, -0.25) is 4.79 Å². The van der Waals surface area contributed by atoms with Crippen molar-refractivity contribution < 1.29 is 4.79 Å². The highest BCUT2D eigenvalue weighted by atomic mass is 32.2. The molecule has 0 fully saturated rings. The first-order valence-electron chi connectivity index (χ1n) is 5.76. The van der Waals surface area contributed by atoms with Gasteiger partial charge in [0, 0.05) is 16.1 Å². The summed E-state index contributed by atoms with van der Waals surface area (Å²) in [5.74, 6) is 0.0905. The minimum Gasteiger partial charge on any atom is -0.326 e. The van der Waals surface area contributed by atoms with Crippen LogP contribution in [0.1, 0.15) is 22.8 Å². The molecule has 0 bridgehead atoms. The largest absolute Gasteiger partial charge is 0.326 e. The van der Waals surface area contributed by atoms with Crippen molar-refractivity contribution in [2.45, 2.75) is 18.7 Å². The molecule has 0 amide bonds. The summed E-state index contributed by atoms with van der Waals surface area (Å²) in [6, 6.07) is 15.8. The number of benzene rings is 2. The lowest BCUT2D eigenvalue weighted by molar-refractivity contribution is 0.101. The summed E-state index contributed by atoms with van der Waals surface area (Å²) in [7, 11) is 0. The van der Waals surface area contributed by atoms with E-state index in [2.05, 4.69) is 35.9 Å². The van der Waals surface area contributed by atoms with Crippen molar-refractivity contribution in [3.05, 3.63) is 59.7 Å². The molecular weight excluding hydrogens is 242 g/mol. The number of carbonyl (C=O) groups excluding carboxylic acids is 1. The number of Topliss-reactive ketones (excluding diaryl/α,β-unsaturated/α-hetero) is 1. The zero-order chi connectivity index (χ0) is 13.0. The number of nitrogens with one attached hydrogen (secondary N) is 1. The standard InChI is InChI=1S/C15H15NOS/c1-11-3-9-15(10-4-11)18-16-14-7-5-13(6-8-14)12(2)17/h3-10,16H,1-2H3. The first kappa shape index (κ1) is 12.7. The number of carbonyl (C=O) groups is 1. The summed E-state index contributed by atoms with van der Waals surface area (Å²) in [6.45, 7) is 3.64. The summed E-state index contributed by atoms with van der Waals surface area (Å²) in [6.07, 6.45) is 0.